The van der Waals surface area contributed by atoms with Gasteiger partial charge in [0.05, 0.1) is 17.1 Å². The fourth-order valence-electron chi connectivity index (χ4n) is 1.77. The minimum Gasteiger partial charge on any atom is -0.462 e. The van der Waals surface area contributed by atoms with Crippen LogP contribution in [0.25, 0.3) is 17.0 Å². The molecule has 6 nitrogen and oxygen atoms in total. The van der Waals surface area contributed by atoms with E-state index in [4.69, 9.17) is 4.74 Å². The number of hydrogen-bond donors (Lipinski definition) is 1. The lowest BCUT2D eigenvalue weighted by molar-refractivity contribution is -0.400. The molecule has 1 aromatic heterocycles. The number of H-pyrrole nitrogens is 1. The van der Waals surface area contributed by atoms with E-state index in [1.165, 1.54) is 6.08 Å². The van der Waals surface area contributed by atoms with Gasteiger partial charge in [0, 0.05) is 28.7 Å². The third kappa shape index (κ3) is 2.79. The molecule has 0 unspecified atom stereocenters. The minimum absolute atomic E-state index is 0.318. The molecular weight excluding hydrogens is 248 g/mol. The lowest BCUT2D eigenvalue weighted by Crippen LogP contribution is -2.04. The normalized spacial score (nSPS) is 11.0. The fourth-order valence-corrected chi connectivity index (χ4v) is 1.77. The first-order chi connectivity index (χ1) is 9.11. The number of fused-ring (bicyclic) bond motifs is 1. The summed E-state index contributed by atoms with van der Waals surface area (Å²) in [5.74, 6) is -0.388. The second kappa shape index (κ2) is 5.34. The predicted molar refractivity (Wildman–Crippen MR) is 70.3 cm³/mol. The maximum absolute atomic E-state index is 11.6. The summed E-state index contributed by atoms with van der Waals surface area (Å²) >= 11 is 0. The molecule has 0 aliphatic carbocycles. The van der Waals surface area contributed by atoms with Crippen molar-refractivity contribution in [2.45, 2.75) is 6.92 Å². The van der Waals surface area contributed by atoms with E-state index in [1.807, 2.05) is 0 Å². The van der Waals surface area contributed by atoms with Gasteiger partial charge in [0.15, 0.2) is 0 Å². The summed E-state index contributed by atoms with van der Waals surface area (Å²) in [4.78, 5) is 24.3. The van der Waals surface area contributed by atoms with Gasteiger partial charge in [-0.2, -0.15) is 0 Å². The largest absolute Gasteiger partial charge is 0.462 e. The SMILES string of the molecule is CCOC(=O)c1ccc2c(C=C[N+](=O)[O-])c[nH]c2c1. The van der Waals surface area contributed by atoms with E-state index in [-0.39, 0.29) is 5.97 Å². The molecule has 19 heavy (non-hydrogen) atoms. The van der Waals surface area contributed by atoms with Crippen LogP contribution in [0.3, 0.4) is 0 Å². The molecule has 0 amide bonds. The first kappa shape index (κ1) is 12.8. The molecule has 0 spiro atoms. The van der Waals surface area contributed by atoms with Gasteiger partial charge >= 0.3 is 5.97 Å². The van der Waals surface area contributed by atoms with Crippen LogP contribution in [-0.2, 0) is 4.74 Å². The Morgan fingerprint density at radius 3 is 3.00 bits per heavy atom. The van der Waals surface area contributed by atoms with Crippen LogP contribution in [0, 0.1) is 10.1 Å². The number of rotatable bonds is 4. The highest BCUT2D eigenvalue weighted by Gasteiger charge is 2.09. The molecular formula is C13H12N2O4. The summed E-state index contributed by atoms with van der Waals surface area (Å²) in [6.07, 6.45) is 3.93. The fraction of sp³-hybridized carbons (Fsp3) is 0.154. The van der Waals surface area contributed by atoms with E-state index in [0.29, 0.717) is 17.7 Å². The summed E-state index contributed by atoms with van der Waals surface area (Å²) in [6, 6.07) is 5.03. The molecule has 0 aliphatic rings. The van der Waals surface area contributed by atoms with E-state index in [1.54, 1.807) is 31.3 Å². The van der Waals surface area contributed by atoms with Crippen molar-refractivity contribution in [2.24, 2.45) is 0 Å². The maximum atomic E-state index is 11.6. The van der Waals surface area contributed by atoms with Gasteiger partial charge in [0.1, 0.15) is 0 Å². The number of aromatic amines is 1. The number of carbonyl (C=O) groups is 1. The van der Waals surface area contributed by atoms with Crippen LogP contribution in [0.1, 0.15) is 22.8 Å². The average molecular weight is 260 g/mol. The Morgan fingerprint density at radius 2 is 2.32 bits per heavy atom. The Bertz CT molecular complexity index is 658. The lowest BCUT2D eigenvalue weighted by atomic mass is 10.1. The summed E-state index contributed by atoms with van der Waals surface area (Å²) in [5, 5.41) is 11.1. The smallest absolute Gasteiger partial charge is 0.338 e. The Hall–Kier alpha value is -2.63. The zero-order valence-corrected chi connectivity index (χ0v) is 10.3. The molecule has 1 heterocycles. The van der Waals surface area contributed by atoms with Gasteiger partial charge in [-0.05, 0) is 19.1 Å². The van der Waals surface area contributed by atoms with Crippen LogP contribution in [0.15, 0.2) is 30.6 Å². The van der Waals surface area contributed by atoms with Crippen LogP contribution < -0.4 is 0 Å². The van der Waals surface area contributed by atoms with Crippen LogP contribution in [0.2, 0.25) is 0 Å². The third-order valence-corrected chi connectivity index (χ3v) is 2.60. The number of nitrogens with one attached hydrogen (secondary N) is 1. The van der Waals surface area contributed by atoms with Crippen LogP contribution in [-0.4, -0.2) is 22.5 Å². The Morgan fingerprint density at radius 1 is 1.53 bits per heavy atom. The summed E-state index contributed by atoms with van der Waals surface area (Å²) in [6.45, 7) is 2.06. The Kier molecular flexibility index (Phi) is 3.61. The number of nitrogens with zero attached hydrogens (tertiary/aromatic N) is 1. The number of benzene rings is 1. The molecule has 98 valence electrons. The van der Waals surface area contributed by atoms with Crippen molar-refractivity contribution in [3.8, 4) is 0 Å². The number of carbonyl (C=O) groups excluding carboxylic acids is 1. The lowest BCUT2D eigenvalue weighted by Gasteiger charge is -2.01. The van der Waals surface area contributed by atoms with Crippen LogP contribution in [0.4, 0.5) is 0 Å². The molecule has 2 rings (SSSR count). The molecule has 0 atom stereocenters. The highest BCUT2D eigenvalue weighted by atomic mass is 16.6. The van der Waals surface area contributed by atoms with E-state index in [2.05, 4.69) is 4.98 Å². The second-order valence-electron chi connectivity index (χ2n) is 3.83. The quantitative estimate of drug-likeness (QED) is 0.520. The summed E-state index contributed by atoms with van der Waals surface area (Å²) in [7, 11) is 0. The van der Waals surface area contributed by atoms with Crippen molar-refractivity contribution in [3.63, 3.8) is 0 Å². The van der Waals surface area contributed by atoms with Gasteiger partial charge in [0.25, 0.3) is 0 Å². The van der Waals surface area contributed by atoms with Crippen molar-refractivity contribution >= 4 is 22.9 Å². The van der Waals surface area contributed by atoms with E-state index in [9.17, 15) is 14.9 Å². The van der Waals surface area contributed by atoms with Gasteiger partial charge in [-0.1, -0.05) is 6.07 Å². The van der Waals surface area contributed by atoms with Gasteiger partial charge in [-0.3, -0.25) is 10.1 Å². The highest BCUT2D eigenvalue weighted by molar-refractivity contribution is 5.96. The summed E-state index contributed by atoms with van der Waals surface area (Å²) in [5.41, 5.74) is 1.87. The van der Waals surface area contributed by atoms with Gasteiger partial charge in [0.2, 0.25) is 6.20 Å². The van der Waals surface area contributed by atoms with Crippen molar-refractivity contribution < 1.29 is 14.5 Å². The molecule has 1 aromatic carbocycles. The average Bonchev–Trinajstić information content (AvgIpc) is 2.78. The number of esters is 1. The molecule has 0 saturated carbocycles. The first-order valence-corrected chi connectivity index (χ1v) is 5.71. The maximum Gasteiger partial charge on any atom is 0.338 e. The number of aromatic nitrogens is 1. The van der Waals surface area contributed by atoms with E-state index in [0.717, 1.165) is 17.1 Å². The second-order valence-corrected chi connectivity index (χ2v) is 3.83. The number of nitro groups is 1. The zero-order valence-electron chi connectivity index (χ0n) is 10.3. The minimum atomic E-state index is -0.522. The van der Waals surface area contributed by atoms with Crippen molar-refractivity contribution in [2.75, 3.05) is 6.61 Å². The molecule has 0 fully saturated rings. The molecule has 0 bridgehead atoms. The van der Waals surface area contributed by atoms with Crippen LogP contribution in [0.5, 0.6) is 0 Å². The molecule has 0 saturated heterocycles. The van der Waals surface area contributed by atoms with Gasteiger partial charge < -0.3 is 9.72 Å². The van der Waals surface area contributed by atoms with Crippen LogP contribution >= 0.6 is 0 Å². The topological polar surface area (TPSA) is 85.2 Å². The molecule has 0 radical (unpaired) electrons. The summed E-state index contributed by atoms with van der Waals surface area (Å²) < 4.78 is 4.91. The van der Waals surface area contributed by atoms with Crippen molar-refractivity contribution in [3.05, 3.63) is 51.8 Å². The van der Waals surface area contributed by atoms with Crippen molar-refractivity contribution in [1.29, 1.82) is 0 Å². The number of ether oxygens (including phenoxy) is 1. The van der Waals surface area contributed by atoms with Crippen molar-refractivity contribution in [1.82, 2.24) is 4.98 Å². The third-order valence-electron chi connectivity index (χ3n) is 2.60. The van der Waals surface area contributed by atoms with E-state index < -0.39 is 4.92 Å². The van der Waals surface area contributed by atoms with Gasteiger partial charge in [-0.15, -0.1) is 0 Å². The van der Waals surface area contributed by atoms with E-state index >= 15 is 0 Å². The molecule has 0 aliphatic heterocycles. The molecule has 2 aromatic rings. The monoisotopic (exact) mass is 260 g/mol. The highest BCUT2D eigenvalue weighted by Crippen LogP contribution is 2.21. The molecule has 6 heteroatoms. The Balaban J connectivity index is 2.36. The molecule has 1 N–H and O–H groups in total. The zero-order chi connectivity index (χ0) is 13.8. The first-order valence-electron chi connectivity index (χ1n) is 5.71. The standard InChI is InChI=1S/C13H12N2O4/c1-2-19-13(16)9-3-4-11-10(5-6-15(17)18)8-14-12(11)7-9/h3-8,14H,2H2,1H3. The van der Waals surface area contributed by atoms with Gasteiger partial charge in [-0.25, -0.2) is 4.79 Å². The number of hydrogen-bond acceptors (Lipinski definition) is 4. The predicted octanol–water partition coefficient (Wildman–Crippen LogP) is 2.59. The Labute approximate surface area is 108 Å².